The number of nitro groups is 1. The Morgan fingerprint density at radius 3 is 2.44 bits per heavy atom. The second-order valence-electron chi connectivity index (χ2n) is 1.27. The summed E-state index contributed by atoms with van der Waals surface area (Å²) in [6, 6.07) is -0.438. The number of nitrogens with zero attached hydrogens (tertiary/aromatic N) is 2. The molecule has 0 aliphatic carbocycles. The predicted molar refractivity (Wildman–Crippen MR) is 28.3 cm³/mol. The summed E-state index contributed by atoms with van der Waals surface area (Å²) in [6.07, 6.45) is 0. The first kappa shape index (κ1) is 7.36. The van der Waals surface area contributed by atoms with Crippen LogP contribution in [0.25, 0.3) is 0 Å². The third kappa shape index (κ3) is 1.73. The van der Waals surface area contributed by atoms with Gasteiger partial charge in [-0.05, 0) is 0 Å². The van der Waals surface area contributed by atoms with E-state index in [2.05, 4.69) is 5.73 Å². The van der Waals surface area contributed by atoms with Gasteiger partial charge in [0.15, 0.2) is 11.9 Å². The molecule has 0 aromatic heterocycles. The van der Waals surface area contributed by atoms with Crippen molar-refractivity contribution in [2.45, 2.75) is 6.04 Å². The molecule has 0 aromatic rings. The lowest BCUT2D eigenvalue weighted by Crippen LogP contribution is -2.33. The first-order valence-electron chi connectivity index (χ1n) is 1.96. The standard InChI is InChI=1S/C3H4N4O2/c4-1-2(3(5)6)7(8)9/h2H,(H3,5,6). The van der Waals surface area contributed by atoms with E-state index >= 15 is 0 Å². The Balaban J connectivity index is 4.22. The quantitative estimate of drug-likeness (QED) is 0.216. The lowest BCUT2D eigenvalue weighted by atomic mass is 10.3. The van der Waals surface area contributed by atoms with Crippen molar-refractivity contribution >= 4 is 5.84 Å². The fourth-order valence-electron chi connectivity index (χ4n) is 0.230. The molecular formula is C3H4N4O2. The average Bonchev–Trinajstić information content (AvgIpc) is 1.64. The molecule has 0 heterocycles. The monoisotopic (exact) mass is 128 g/mol. The van der Waals surface area contributed by atoms with E-state index in [0.29, 0.717) is 0 Å². The molecule has 1 atom stereocenters. The van der Waals surface area contributed by atoms with Gasteiger partial charge in [0.25, 0.3) is 0 Å². The van der Waals surface area contributed by atoms with Crippen LogP contribution >= 0.6 is 0 Å². The van der Waals surface area contributed by atoms with E-state index in [0.717, 1.165) is 0 Å². The van der Waals surface area contributed by atoms with E-state index in [1.807, 2.05) is 0 Å². The Hall–Kier alpha value is -1.64. The highest BCUT2D eigenvalue weighted by Crippen LogP contribution is 1.83. The van der Waals surface area contributed by atoms with Gasteiger partial charge in [-0.1, -0.05) is 0 Å². The zero-order valence-corrected chi connectivity index (χ0v) is 4.37. The number of rotatable bonds is 2. The van der Waals surface area contributed by atoms with E-state index in [1.54, 1.807) is 0 Å². The molecule has 0 bridgehead atoms. The summed E-state index contributed by atoms with van der Waals surface area (Å²) in [5, 5.41) is 24.2. The Bertz CT molecular complexity index is 167. The van der Waals surface area contributed by atoms with Crippen molar-refractivity contribution < 1.29 is 4.92 Å². The SMILES string of the molecule is N#CC(C(=N)N)[N+](=O)[O-]. The van der Waals surface area contributed by atoms with Gasteiger partial charge in [-0.3, -0.25) is 15.5 Å². The second kappa shape index (κ2) is 2.61. The number of hydrogen-bond acceptors (Lipinski definition) is 4. The molecule has 0 saturated heterocycles. The highest BCUT2D eigenvalue weighted by molar-refractivity contribution is 5.83. The van der Waals surface area contributed by atoms with Gasteiger partial charge in [0.2, 0.25) is 0 Å². The Morgan fingerprint density at radius 1 is 2.00 bits per heavy atom. The van der Waals surface area contributed by atoms with Crippen molar-refractivity contribution in [3.05, 3.63) is 10.1 Å². The third-order valence-electron chi connectivity index (χ3n) is 0.628. The van der Waals surface area contributed by atoms with E-state index in [-0.39, 0.29) is 0 Å². The molecule has 9 heavy (non-hydrogen) atoms. The van der Waals surface area contributed by atoms with E-state index in [9.17, 15) is 10.1 Å². The number of nitriles is 1. The Labute approximate surface area is 50.5 Å². The molecule has 0 aliphatic heterocycles. The lowest BCUT2D eigenvalue weighted by Gasteiger charge is -1.94. The Morgan fingerprint density at radius 2 is 2.44 bits per heavy atom. The topological polar surface area (TPSA) is 117 Å². The summed E-state index contributed by atoms with van der Waals surface area (Å²) < 4.78 is 0. The lowest BCUT2D eigenvalue weighted by molar-refractivity contribution is -0.488. The smallest absolute Gasteiger partial charge is 0.352 e. The molecular weight excluding hydrogens is 124 g/mol. The molecule has 6 nitrogen and oxygen atoms in total. The second-order valence-corrected chi connectivity index (χ2v) is 1.27. The van der Waals surface area contributed by atoms with Crippen molar-refractivity contribution in [2.75, 3.05) is 0 Å². The van der Waals surface area contributed by atoms with Gasteiger partial charge in [0.05, 0.1) is 0 Å². The molecule has 0 saturated carbocycles. The largest absolute Gasteiger partial charge is 0.381 e. The maximum Gasteiger partial charge on any atom is 0.352 e. The fraction of sp³-hybridized carbons (Fsp3) is 0.333. The van der Waals surface area contributed by atoms with Gasteiger partial charge in [-0.15, -0.1) is 0 Å². The first-order chi connectivity index (χ1) is 4.09. The molecule has 1 unspecified atom stereocenters. The molecule has 0 amide bonds. The van der Waals surface area contributed by atoms with Gasteiger partial charge in [-0.25, -0.2) is 0 Å². The average molecular weight is 128 g/mol. The van der Waals surface area contributed by atoms with Crippen molar-refractivity contribution in [1.29, 1.82) is 10.7 Å². The summed E-state index contributed by atoms with van der Waals surface area (Å²) in [5.41, 5.74) is 4.67. The van der Waals surface area contributed by atoms with Crippen LogP contribution in [0.3, 0.4) is 0 Å². The van der Waals surface area contributed by atoms with Gasteiger partial charge in [0, 0.05) is 4.92 Å². The minimum atomic E-state index is -1.69. The minimum absolute atomic E-state index is 0.734. The van der Waals surface area contributed by atoms with Crippen LogP contribution in [0.5, 0.6) is 0 Å². The zero-order valence-electron chi connectivity index (χ0n) is 4.37. The number of nitrogens with one attached hydrogen (secondary N) is 1. The van der Waals surface area contributed by atoms with Gasteiger partial charge >= 0.3 is 6.04 Å². The highest BCUT2D eigenvalue weighted by atomic mass is 16.6. The summed E-state index contributed by atoms with van der Waals surface area (Å²) >= 11 is 0. The number of hydrogen-bond donors (Lipinski definition) is 2. The molecule has 3 N–H and O–H groups in total. The predicted octanol–water partition coefficient (Wildman–Crippen LogP) is -0.909. The number of amidine groups is 1. The number of nitrogens with two attached hydrogens (primary N) is 1. The highest BCUT2D eigenvalue weighted by Gasteiger charge is 2.21. The summed E-state index contributed by atoms with van der Waals surface area (Å²) in [6.45, 7) is 0. The van der Waals surface area contributed by atoms with Crippen LogP contribution in [0.15, 0.2) is 0 Å². The molecule has 0 aromatic carbocycles. The molecule has 0 spiro atoms. The molecule has 48 valence electrons. The maximum atomic E-state index is 9.73. The fourth-order valence-corrected chi connectivity index (χ4v) is 0.230. The zero-order chi connectivity index (χ0) is 7.44. The van der Waals surface area contributed by atoms with E-state index in [4.69, 9.17) is 10.7 Å². The molecule has 0 radical (unpaired) electrons. The Kier molecular flexibility index (Phi) is 2.14. The van der Waals surface area contributed by atoms with Crippen LogP contribution in [-0.4, -0.2) is 16.8 Å². The van der Waals surface area contributed by atoms with E-state index in [1.165, 1.54) is 6.07 Å². The normalized spacial score (nSPS) is 11.4. The first-order valence-corrected chi connectivity index (χ1v) is 1.96. The van der Waals surface area contributed by atoms with Crippen LogP contribution in [0.4, 0.5) is 0 Å². The summed E-state index contributed by atoms with van der Waals surface area (Å²) in [4.78, 5) is 8.82. The van der Waals surface area contributed by atoms with Crippen LogP contribution in [0.2, 0.25) is 0 Å². The third-order valence-corrected chi connectivity index (χ3v) is 0.628. The van der Waals surface area contributed by atoms with Gasteiger partial charge in [0.1, 0.15) is 0 Å². The van der Waals surface area contributed by atoms with Crippen molar-refractivity contribution in [2.24, 2.45) is 5.73 Å². The van der Waals surface area contributed by atoms with Crippen molar-refractivity contribution in [1.82, 2.24) is 0 Å². The van der Waals surface area contributed by atoms with E-state index < -0.39 is 16.8 Å². The summed E-state index contributed by atoms with van der Waals surface area (Å²) in [7, 11) is 0. The van der Waals surface area contributed by atoms with Crippen LogP contribution in [-0.2, 0) is 0 Å². The van der Waals surface area contributed by atoms with Crippen molar-refractivity contribution in [3.63, 3.8) is 0 Å². The summed E-state index contributed by atoms with van der Waals surface area (Å²) in [5.74, 6) is -0.734. The maximum absolute atomic E-state index is 9.73. The van der Waals surface area contributed by atoms with Gasteiger partial charge < -0.3 is 5.73 Å². The minimum Gasteiger partial charge on any atom is -0.381 e. The van der Waals surface area contributed by atoms with Gasteiger partial charge in [-0.2, -0.15) is 5.26 Å². The molecule has 0 fully saturated rings. The van der Waals surface area contributed by atoms with Crippen LogP contribution < -0.4 is 5.73 Å². The molecule has 0 aliphatic rings. The molecule has 6 heteroatoms. The van der Waals surface area contributed by atoms with Crippen LogP contribution in [0.1, 0.15) is 0 Å². The molecule has 0 rings (SSSR count). The van der Waals surface area contributed by atoms with Crippen LogP contribution in [0, 0.1) is 26.9 Å². The van der Waals surface area contributed by atoms with Crippen molar-refractivity contribution in [3.8, 4) is 6.07 Å².